The van der Waals surface area contributed by atoms with E-state index < -0.39 is 0 Å². The maximum absolute atomic E-state index is 12.3. The van der Waals surface area contributed by atoms with E-state index in [1.54, 1.807) is 26.4 Å². The van der Waals surface area contributed by atoms with Gasteiger partial charge in [0.15, 0.2) is 0 Å². The first-order chi connectivity index (χ1) is 11.6. The number of nitrogens with one attached hydrogen (secondary N) is 1. The van der Waals surface area contributed by atoms with Crippen LogP contribution in [0, 0.1) is 0 Å². The van der Waals surface area contributed by atoms with E-state index in [-0.39, 0.29) is 5.91 Å². The number of aromatic nitrogens is 2. The van der Waals surface area contributed by atoms with Crippen molar-refractivity contribution in [2.24, 2.45) is 0 Å². The summed E-state index contributed by atoms with van der Waals surface area (Å²) in [5, 5.41) is 3.10. The van der Waals surface area contributed by atoms with Crippen molar-refractivity contribution in [2.75, 3.05) is 19.4 Å². The average Bonchev–Trinajstić information content (AvgIpc) is 3.13. The largest absolute Gasteiger partial charge is 0.467 e. The highest BCUT2D eigenvalue weighted by molar-refractivity contribution is 5.93. The monoisotopic (exact) mass is 322 g/mol. The fraction of sp³-hybridized carbons (Fsp3) is 0.167. The summed E-state index contributed by atoms with van der Waals surface area (Å²) >= 11 is 0. The van der Waals surface area contributed by atoms with E-state index in [4.69, 9.17) is 4.42 Å². The second-order valence-corrected chi connectivity index (χ2v) is 5.46. The van der Waals surface area contributed by atoms with E-state index in [1.165, 1.54) is 4.90 Å². The number of benzene rings is 1. The van der Waals surface area contributed by atoms with Crippen LogP contribution in [-0.4, -0.2) is 34.9 Å². The van der Waals surface area contributed by atoms with Crippen LogP contribution >= 0.6 is 0 Å². The summed E-state index contributed by atoms with van der Waals surface area (Å²) in [7, 11) is 3.39. The Morgan fingerprint density at radius 3 is 2.58 bits per heavy atom. The minimum Gasteiger partial charge on any atom is -0.467 e. The lowest BCUT2D eigenvalue weighted by molar-refractivity contribution is 0.0822. The Bertz CT molecular complexity index is 814. The number of carbonyl (C=O) groups excluding carboxylic acids is 1. The number of nitrogens with zero attached hydrogens (tertiary/aromatic N) is 3. The van der Waals surface area contributed by atoms with E-state index in [1.807, 2.05) is 42.5 Å². The molecule has 2 heterocycles. The van der Waals surface area contributed by atoms with Gasteiger partial charge in [-0.25, -0.2) is 9.97 Å². The molecule has 0 saturated carbocycles. The van der Waals surface area contributed by atoms with Crippen molar-refractivity contribution in [3.05, 3.63) is 66.2 Å². The molecule has 1 N–H and O–H groups in total. The molecule has 1 amide bonds. The van der Waals surface area contributed by atoms with Crippen LogP contribution in [0.25, 0.3) is 11.3 Å². The van der Waals surface area contributed by atoms with Crippen molar-refractivity contribution in [3.63, 3.8) is 0 Å². The Balaban J connectivity index is 1.94. The second-order valence-electron chi connectivity index (χ2n) is 5.46. The molecule has 0 fully saturated rings. The van der Waals surface area contributed by atoms with Crippen molar-refractivity contribution in [2.45, 2.75) is 6.54 Å². The van der Waals surface area contributed by atoms with Gasteiger partial charge in [0.2, 0.25) is 5.95 Å². The Morgan fingerprint density at radius 1 is 1.12 bits per heavy atom. The second kappa shape index (κ2) is 6.95. The van der Waals surface area contributed by atoms with Crippen molar-refractivity contribution in [1.82, 2.24) is 14.9 Å². The Labute approximate surface area is 140 Å². The van der Waals surface area contributed by atoms with Gasteiger partial charge in [0.05, 0.1) is 18.5 Å². The van der Waals surface area contributed by atoms with Gasteiger partial charge in [-0.1, -0.05) is 30.3 Å². The average molecular weight is 322 g/mol. The Morgan fingerprint density at radius 2 is 1.92 bits per heavy atom. The highest BCUT2D eigenvalue weighted by atomic mass is 16.3. The summed E-state index contributed by atoms with van der Waals surface area (Å²) in [5.41, 5.74) is 1.96. The lowest BCUT2D eigenvalue weighted by atomic mass is 10.1. The molecule has 0 radical (unpaired) electrons. The third-order valence-corrected chi connectivity index (χ3v) is 3.42. The SMILES string of the molecule is CN(C)C(=O)c1cc(-c2ccccc2)nc(NCc2ccco2)n1. The normalized spacial score (nSPS) is 10.4. The van der Waals surface area contributed by atoms with E-state index in [0.29, 0.717) is 23.9 Å². The highest BCUT2D eigenvalue weighted by Crippen LogP contribution is 2.20. The Kier molecular flexibility index (Phi) is 4.56. The van der Waals surface area contributed by atoms with Crippen LogP contribution in [0.5, 0.6) is 0 Å². The van der Waals surface area contributed by atoms with Gasteiger partial charge in [0.25, 0.3) is 5.91 Å². The molecular weight excluding hydrogens is 304 g/mol. The van der Waals surface area contributed by atoms with Gasteiger partial charge in [0, 0.05) is 19.7 Å². The minimum atomic E-state index is -0.171. The van der Waals surface area contributed by atoms with Crippen molar-refractivity contribution < 1.29 is 9.21 Å². The smallest absolute Gasteiger partial charge is 0.272 e. The molecule has 3 aromatic rings. The van der Waals surface area contributed by atoms with E-state index in [0.717, 1.165) is 11.3 Å². The standard InChI is InChI=1S/C18H18N4O2/c1-22(2)17(23)16-11-15(13-7-4-3-5-8-13)20-18(21-16)19-12-14-9-6-10-24-14/h3-11H,12H2,1-2H3,(H,19,20,21). The molecule has 24 heavy (non-hydrogen) atoms. The Hall–Kier alpha value is -3.15. The van der Waals surface area contributed by atoms with Gasteiger partial charge in [0.1, 0.15) is 11.5 Å². The molecule has 0 aliphatic heterocycles. The maximum Gasteiger partial charge on any atom is 0.272 e. The molecule has 0 atom stereocenters. The maximum atomic E-state index is 12.3. The minimum absolute atomic E-state index is 0.171. The summed E-state index contributed by atoms with van der Waals surface area (Å²) in [6.07, 6.45) is 1.61. The van der Waals surface area contributed by atoms with Crippen LogP contribution in [0.3, 0.4) is 0 Å². The number of hydrogen-bond donors (Lipinski definition) is 1. The summed E-state index contributed by atoms with van der Waals surface area (Å²) in [6, 6.07) is 15.1. The molecule has 6 nitrogen and oxygen atoms in total. The summed E-state index contributed by atoms with van der Waals surface area (Å²) in [4.78, 5) is 22.6. The third-order valence-electron chi connectivity index (χ3n) is 3.42. The van der Waals surface area contributed by atoms with Crippen LogP contribution < -0.4 is 5.32 Å². The first-order valence-corrected chi connectivity index (χ1v) is 7.56. The predicted octanol–water partition coefficient (Wildman–Crippen LogP) is 3.05. The summed E-state index contributed by atoms with van der Waals surface area (Å²) in [6.45, 7) is 0.445. The molecule has 1 aromatic carbocycles. The number of carbonyl (C=O) groups is 1. The third kappa shape index (κ3) is 3.60. The van der Waals surface area contributed by atoms with Crippen molar-refractivity contribution in [3.8, 4) is 11.3 Å². The van der Waals surface area contributed by atoms with Crippen LogP contribution in [-0.2, 0) is 6.54 Å². The zero-order valence-electron chi connectivity index (χ0n) is 13.6. The lowest BCUT2D eigenvalue weighted by Crippen LogP contribution is -2.23. The molecule has 0 bridgehead atoms. The first-order valence-electron chi connectivity index (χ1n) is 7.56. The van der Waals surface area contributed by atoms with Gasteiger partial charge in [-0.2, -0.15) is 0 Å². The molecule has 0 spiro atoms. The number of anilines is 1. The molecule has 0 unspecified atom stereocenters. The first kappa shape index (κ1) is 15.7. The topological polar surface area (TPSA) is 71.3 Å². The van der Waals surface area contributed by atoms with E-state index in [2.05, 4.69) is 15.3 Å². The zero-order chi connectivity index (χ0) is 16.9. The van der Waals surface area contributed by atoms with Crippen molar-refractivity contribution in [1.29, 1.82) is 0 Å². The molecule has 122 valence electrons. The zero-order valence-corrected chi connectivity index (χ0v) is 13.6. The van der Waals surface area contributed by atoms with Gasteiger partial charge in [-0.15, -0.1) is 0 Å². The van der Waals surface area contributed by atoms with Crippen molar-refractivity contribution >= 4 is 11.9 Å². The molecule has 0 saturated heterocycles. The molecule has 6 heteroatoms. The molecule has 3 rings (SSSR count). The lowest BCUT2D eigenvalue weighted by Gasteiger charge is -2.12. The van der Waals surface area contributed by atoms with Crippen LogP contribution in [0.4, 0.5) is 5.95 Å². The number of hydrogen-bond acceptors (Lipinski definition) is 5. The molecule has 2 aromatic heterocycles. The van der Waals surface area contributed by atoms with E-state index >= 15 is 0 Å². The van der Waals surface area contributed by atoms with Gasteiger partial charge < -0.3 is 14.6 Å². The number of furan rings is 1. The molecular formula is C18H18N4O2. The fourth-order valence-corrected chi connectivity index (χ4v) is 2.20. The quantitative estimate of drug-likeness (QED) is 0.782. The predicted molar refractivity (Wildman–Crippen MR) is 91.5 cm³/mol. The summed E-state index contributed by atoms with van der Waals surface area (Å²) in [5.74, 6) is 0.984. The highest BCUT2D eigenvalue weighted by Gasteiger charge is 2.14. The molecule has 0 aliphatic rings. The number of rotatable bonds is 5. The van der Waals surface area contributed by atoms with Gasteiger partial charge in [-0.05, 0) is 18.2 Å². The number of amides is 1. The van der Waals surface area contributed by atoms with E-state index in [9.17, 15) is 4.79 Å². The van der Waals surface area contributed by atoms with Crippen LogP contribution in [0.1, 0.15) is 16.2 Å². The van der Waals surface area contributed by atoms with Crippen LogP contribution in [0.15, 0.2) is 59.2 Å². The van der Waals surface area contributed by atoms with Gasteiger partial charge in [-0.3, -0.25) is 4.79 Å². The summed E-state index contributed by atoms with van der Waals surface area (Å²) < 4.78 is 5.29. The fourth-order valence-electron chi connectivity index (χ4n) is 2.20. The molecule has 0 aliphatic carbocycles. The van der Waals surface area contributed by atoms with Gasteiger partial charge >= 0.3 is 0 Å². The van der Waals surface area contributed by atoms with Crippen LogP contribution in [0.2, 0.25) is 0 Å².